The lowest BCUT2D eigenvalue weighted by atomic mass is 10.1. The highest BCUT2D eigenvalue weighted by molar-refractivity contribution is 5.95. The topological polar surface area (TPSA) is 64.3 Å². The molecule has 0 saturated heterocycles. The van der Waals surface area contributed by atoms with Gasteiger partial charge in [-0.2, -0.15) is 9.65 Å². The molecule has 0 saturated carbocycles. The van der Waals surface area contributed by atoms with Crippen molar-refractivity contribution in [1.29, 1.82) is 5.26 Å². The number of carbonyl (C=O) groups is 1. The van der Waals surface area contributed by atoms with Crippen molar-refractivity contribution in [2.24, 2.45) is 0 Å². The Bertz CT molecular complexity index is 541. The summed E-state index contributed by atoms with van der Waals surface area (Å²) in [6.07, 6.45) is 0.0247. The van der Waals surface area contributed by atoms with Gasteiger partial charge in [0, 0.05) is 13.1 Å². The Hall–Kier alpha value is -2.23. The molecule has 4 nitrogen and oxygen atoms in total. The number of nitrogens with zero attached hydrogens (tertiary/aromatic N) is 2. The molecule has 0 bridgehead atoms. The van der Waals surface area contributed by atoms with Gasteiger partial charge in [0.15, 0.2) is 17.4 Å². The molecule has 1 aromatic rings. The fraction of sp³-hybridized carbons (Fsp3) is 0.333. The average molecular weight is 272 g/mol. The third-order valence-electron chi connectivity index (χ3n) is 2.53. The molecule has 0 aliphatic carbocycles. The molecule has 0 radical (unpaired) electrons. The molecule has 0 aromatic heterocycles. The van der Waals surface area contributed by atoms with Crippen LogP contribution in [0, 0.1) is 28.8 Å². The normalized spacial score (nSPS) is 10.1. The van der Waals surface area contributed by atoms with E-state index < -0.39 is 34.7 Å². The summed E-state index contributed by atoms with van der Waals surface area (Å²) in [5, 5.41) is 17.5. The van der Waals surface area contributed by atoms with Crippen LogP contribution in [0.25, 0.3) is 0 Å². The molecule has 1 rings (SSSR count). The van der Waals surface area contributed by atoms with Crippen molar-refractivity contribution in [2.75, 3.05) is 13.1 Å². The van der Waals surface area contributed by atoms with Crippen molar-refractivity contribution >= 4 is 5.91 Å². The first-order valence-corrected chi connectivity index (χ1v) is 5.46. The molecule has 1 aromatic carbocycles. The Morgan fingerprint density at radius 3 is 2.58 bits per heavy atom. The Labute approximate surface area is 107 Å². The van der Waals surface area contributed by atoms with Gasteiger partial charge < -0.3 is 10.0 Å². The molecule has 0 aliphatic rings. The van der Waals surface area contributed by atoms with Crippen LogP contribution < -0.4 is 0 Å². The first kappa shape index (κ1) is 14.8. The van der Waals surface area contributed by atoms with E-state index in [4.69, 9.17) is 10.4 Å². The van der Waals surface area contributed by atoms with Crippen LogP contribution in [0.15, 0.2) is 6.07 Å². The summed E-state index contributed by atoms with van der Waals surface area (Å²) in [7, 11) is 0. The van der Waals surface area contributed by atoms with Gasteiger partial charge >= 0.3 is 0 Å². The molecule has 0 fully saturated rings. The number of carbonyl (C=O) groups excluding carboxylic acids is 1. The molecule has 0 unspecified atom stereocenters. The average Bonchev–Trinajstić information content (AvgIpc) is 2.41. The maximum absolute atomic E-state index is 13.5. The zero-order valence-electron chi connectivity index (χ0n) is 10.1. The summed E-state index contributed by atoms with van der Waals surface area (Å²) in [5.74, 6) is -7.21. The summed E-state index contributed by atoms with van der Waals surface area (Å²) in [6, 6.07) is 2.20. The lowest BCUT2D eigenvalue weighted by Gasteiger charge is -2.20. The van der Waals surface area contributed by atoms with E-state index in [0.717, 1.165) is 4.90 Å². The second-order valence-electron chi connectivity index (χ2n) is 3.68. The number of amides is 1. The minimum absolute atomic E-state index is 0.0247. The number of aromatic hydroxyl groups is 1. The van der Waals surface area contributed by atoms with Gasteiger partial charge in [0.1, 0.15) is 0 Å². The number of rotatable bonds is 4. The Balaban J connectivity index is 3.16. The van der Waals surface area contributed by atoms with E-state index in [1.807, 2.05) is 6.07 Å². The maximum atomic E-state index is 13.5. The van der Waals surface area contributed by atoms with E-state index in [9.17, 15) is 18.0 Å². The van der Waals surface area contributed by atoms with E-state index >= 15 is 0 Å². The highest BCUT2D eigenvalue weighted by Gasteiger charge is 2.25. The quantitative estimate of drug-likeness (QED) is 0.854. The number of benzene rings is 1. The predicted octanol–water partition coefficient (Wildman–Crippen LogP) is 2.19. The second-order valence-corrected chi connectivity index (χ2v) is 3.68. The fourth-order valence-corrected chi connectivity index (χ4v) is 1.50. The van der Waals surface area contributed by atoms with Gasteiger partial charge in [0.05, 0.1) is 18.1 Å². The monoisotopic (exact) mass is 272 g/mol. The van der Waals surface area contributed by atoms with Gasteiger partial charge in [-0.1, -0.05) is 0 Å². The zero-order chi connectivity index (χ0) is 14.6. The lowest BCUT2D eigenvalue weighted by Crippen LogP contribution is -2.32. The molecule has 102 valence electrons. The molecular formula is C12H11F3N2O2. The van der Waals surface area contributed by atoms with E-state index in [1.54, 1.807) is 6.92 Å². The predicted molar refractivity (Wildman–Crippen MR) is 59.8 cm³/mol. The number of nitriles is 1. The highest BCUT2D eigenvalue weighted by atomic mass is 19.2. The summed E-state index contributed by atoms with van der Waals surface area (Å²) in [4.78, 5) is 13.0. The van der Waals surface area contributed by atoms with Crippen molar-refractivity contribution in [1.82, 2.24) is 4.90 Å². The van der Waals surface area contributed by atoms with E-state index in [2.05, 4.69) is 0 Å². The van der Waals surface area contributed by atoms with Crippen molar-refractivity contribution in [3.8, 4) is 11.8 Å². The third kappa shape index (κ3) is 2.96. The standard InChI is InChI=1S/C12H11F3N2O2/c1-2-17(5-3-4-16)12(19)7-6-8(13)10(15)11(18)9(7)14/h6,18H,2-3,5H2,1H3. The van der Waals surface area contributed by atoms with Crippen LogP contribution in [-0.4, -0.2) is 29.0 Å². The van der Waals surface area contributed by atoms with Crippen LogP contribution in [0.2, 0.25) is 0 Å². The van der Waals surface area contributed by atoms with Crippen LogP contribution in [0.5, 0.6) is 5.75 Å². The van der Waals surface area contributed by atoms with Crippen molar-refractivity contribution in [2.45, 2.75) is 13.3 Å². The van der Waals surface area contributed by atoms with E-state index in [0.29, 0.717) is 6.07 Å². The zero-order valence-corrected chi connectivity index (χ0v) is 10.1. The van der Waals surface area contributed by atoms with Gasteiger partial charge in [-0.25, -0.2) is 8.78 Å². The number of halogens is 3. The van der Waals surface area contributed by atoms with Crippen molar-refractivity contribution in [3.63, 3.8) is 0 Å². The summed E-state index contributed by atoms with van der Waals surface area (Å²) >= 11 is 0. The Kier molecular flexibility index (Phi) is 4.75. The van der Waals surface area contributed by atoms with E-state index in [-0.39, 0.29) is 19.5 Å². The summed E-state index contributed by atoms with van der Waals surface area (Å²) in [6.45, 7) is 1.79. The Morgan fingerprint density at radius 1 is 1.42 bits per heavy atom. The van der Waals surface area contributed by atoms with Gasteiger partial charge in [-0.15, -0.1) is 0 Å². The van der Waals surface area contributed by atoms with Crippen LogP contribution in [0.3, 0.4) is 0 Å². The van der Waals surface area contributed by atoms with Gasteiger partial charge in [0.25, 0.3) is 5.91 Å². The van der Waals surface area contributed by atoms with E-state index in [1.165, 1.54) is 0 Å². The molecule has 19 heavy (non-hydrogen) atoms. The SMILES string of the molecule is CCN(CCC#N)C(=O)c1cc(F)c(F)c(O)c1F. The summed E-state index contributed by atoms with van der Waals surface area (Å²) < 4.78 is 39.5. The van der Waals surface area contributed by atoms with Gasteiger partial charge in [-0.05, 0) is 13.0 Å². The molecule has 0 atom stereocenters. The molecule has 7 heteroatoms. The smallest absolute Gasteiger partial charge is 0.257 e. The third-order valence-corrected chi connectivity index (χ3v) is 2.53. The molecule has 0 heterocycles. The van der Waals surface area contributed by atoms with Gasteiger partial charge in [-0.3, -0.25) is 4.79 Å². The number of phenolic OH excluding ortho intramolecular Hbond substituents is 1. The molecule has 0 aliphatic heterocycles. The van der Waals surface area contributed by atoms with Crippen LogP contribution >= 0.6 is 0 Å². The van der Waals surface area contributed by atoms with Crippen molar-refractivity contribution in [3.05, 3.63) is 29.1 Å². The van der Waals surface area contributed by atoms with Gasteiger partial charge in [0.2, 0.25) is 5.82 Å². The molecular weight excluding hydrogens is 261 g/mol. The van der Waals surface area contributed by atoms with Crippen LogP contribution in [0.4, 0.5) is 13.2 Å². The molecule has 0 spiro atoms. The second kappa shape index (κ2) is 6.09. The molecule has 1 N–H and O–H groups in total. The highest BCUT2D eigenvalue weighted by Crippen LogP contribution is 2.26. The number of phenols is 1. The Morgan fingerprint density at radius 2 is 2.05 bits per heavy atom. The fourth-order valence-electron chi connectivity index (χ4n) is 1.50. The summed E-state index contributed by atoms with van der Waals surface area (Å²) in [5.41, 5.74) is -0.767. The minimum Gasteiger partial charge on any atom is -0.503 e. The minimum atomic E-state index is -1.74. The maximum Gasteiger partial charge on any atom is 0.257 e. The lowest BCUT2D eigenvalue weighted by molar-refractivity contribution is 0.0761. The number of hydrogen-bond acceptors (Lipinski definition) is 3. The van der Waals surface area contributed by atoms with Crippen LogP contribution in [0.1, 0.15) is 23.7 Å². The largest absolute Gasteiger partial charge is 0.503 e. The van der Waals surface area contributed by atoms with Crippen LogP contribution in [-0.2, 0) is 0 Å². The molecule has 1 amide bonds. The first-order chi connectivity index (χ1) is 8.93. The number of hydrogen-bond donors (Lipinski definition) is 1. The first-order valence-electron chi connectivity index (χ1n) is 5.46. The van der Waals surface area contributed by atoms with Crippen molar-refractivity contribution < 1.29 is 23.1 Å².